The van der Waals surface area contributed by atoms with Gasteiger partial charge in [-0.05, 0) is 24.1 Å². The van der Waals surface area contributed by atoms with E-state index in [0.717, 1.165) is 10.2 Å². The molecule has 0 N–H and O–H groups in total. The fourth-order valence-electron chi connectivity index (χ4n) is 2.99. The number of thioether (sulfide) groups is 1. The van der Waals surface area contributed by atoms with Gasteiger partial charge in [0.15, 0.2) is 15.0 Å². The Morgan fingerprint density at radius 2 is 2.17 bits per heavy atom. The molecule has 0 unspecified atom stereocenters. The maximum absolute atomic E-state index is 12.1. The van der Waals surface area contributed by atoms with E-state index in [9.17, 15) is 13.2 Å². The van der Waals surface area contributed by atoms with Crippen molar-refractivity contribution in [2.75, 3.05) is 16.4 Å². The van der Waals surface area contributed by atoms with E-state index in [4.69, 9.17) is 0 Å². The summed E-state index contributed by atoms with van der Waals surface area (Å²) in [5.41, 5.74) is 0.859. The normalized spacial score (nSPS) is 27.0. The standard InChI is InChI=1S/C16H19BrN2O3S2/c1-10(2)6-15(20)18-16-19(12-5-3-4-11(17)7-12)13-8-24(21,22)9-14(13)23-16/h3-5,7,10,13-14H,6,8-9H2,1-2H3/t13-,14-/m0/s1. The van der Waals surface area contributed by atoms with E-state index in [1.807, 2.05) is 43.0 Å². The molecule has 2 aliphatic heterocycles. The summed E-state index contributed by atoms with van der Waals surface area (Å²) in [7, 11) is -3.04. The molecular weight excluding hydrogens is 412 g/mol. The van der Waals surface area contributed by atoms with Crippen molar-refractivity contribution in [3.8, 4) is 0 Å². The molecule has 1 aromatic rings. The first-order valence-electron chi connectivity index (χ1n) is 7.78. The van der Waals surface area contributed by atoms with Crippen LogP contribution < -0.4 is 4.90 Å². The molecule has 0 radical (unpaired) electrons. The molecule has 2 atom stereocenters. The molecule has 8 heteroatoms. The topological polar surface area (TPSA) is 66.8 Å². The predicted octanol–water partition coefficient (Wildman–Crippen LogP) is 3.10. The molecule has 2 saturated heterocycles. The fourth-order valence-corrected chi connectivity index (χ4v) is 7.31. The van der Waals surface area contributed by atoms with Crippen molar-refractivity contribution in [1.82, 2.24) is 0 Å². The van der Waals surface area contributed by atoms with Crippen LogP contribution in [0, 0.1) is 5.92 Å². The summed E-state index contributed by atoms with van der Waals surface area (Å²) < 4.78 is 24.9. The lowest BCUT2D eigenvalue weighted by molar-refractivity contribution is -0.118. The molecule has 24 heavy (non-hydrogen) atoms. The second-order valence-corrected chi connectivity index (χ2v) is 10.8. The molecule has 1 amide bonds. The summed E-state index contributed by atoms with van der Waals surface area (Å²) in [6, 6.07) is 7.49. The summed E-state index contributed by atoms with van der Waals surface area (Å²) in [4.78, 5) is 18.4. The van der Waals surface area contributed by atoms with Gasteiger partial charge in [-0.1, -0.05) is 47.6 Å². The number of rotatable bonds is 3. The molecule has 130 valence electrons. The average Bonchev–Trinajstić information content (AvgIpc) is 2.88. The van der Waals surface area contributed by atoms with Gasteiger partial charge in [-0.15, -0.1) is 0 Å². The summed E-state index contributed by atoms with van der Waals surface area (Å²) in [5, 5.41) is 0.545. The second-order valence-electron chi connectivity index (χ2n) is 6.54. The van der Waals surface area contributed by atoms with Gasteiger partial charge in [-0.2, -0.15) is 4.99 Å². The number of amides is 1. The van der Waals surface area contributed by atoms with Crippen molar-refractivity contribution in [3.63, 3.8) is 0 Å². The van der Waals surface area contributed by atoms with Crippen molar-refractivity contribution < 1.29 is 13.2 Å². The van der Waals surface area contributed by atoms with Crippen LogP contribution in [0.4, 0.5) is 5.69 Å². The summed E-state index contributed by atoms with van der Waals surface area (Å²) in [6.07, 6.45) is 0.393. The van der Waals surface area contributed by atoms with Crippen LogP contribution in [-0.4, -0.2) is 42.3 Å². The highest BCUT2D eigenvalue weighted by Gasteiger charge is 2.49. The SMILES string of the molecule is CC(C)CC(=O)N=C1S[C@H]2CS(=O)(=O)C[C@@H]2N1c1cccc(Br)c1. The Bertz CT molecular complexity index is 792. The first kappa shape index (κ1) is 17.9. The third-order valence-corrected chi connectivity index (χ3v) is 7.66. The lowest BCUT2D eigenvalue weighted by Crippen LogP contribution is -2.37. The van der Waals surface area contributed by atoms with Crippen molar-refractivity contribution in [3.05, 3.63) is 28.7 Å². The predicted molar refractivity (Wildman–Crippen MR) is 102 cm³/mol. The van der Waals surface area contributed by atoms with Gasteiger partial charge in [0.2, 0.25) is 5.91 Å². The molecule has 0 aliphatic carbocycles. The Hall–Kier alpha value is -0.860. The number of carbonyl (C=O) groups is 1. The Morgan fingerprint density at radius 1 is 1.42 bits per heavy atom. The average molecular weight is 431 g/mol. The molecule has 5 nitrogen and oxygen atoms in total. The molecule has 2 heterocycles. The lowest BCUT2D eigenvalue weighted by atomic mass is 10.1. The van der Waals surface area contributed by atoms with Crippen molar-refractivity contribution in [1.29, 1.82) is 0 Å². The number of aliphatic imine (C=N–C) groups is 1. The molecule has 0 bridgehead atoms. The van der Waals surface area contributed by atoms with Gasteiger partial charge in [0.05, 0.1) is 17.5 Å². The molecule has 0 aromatic heterocycles. The molecule has 1 aromatic carbocycles. The zero-order valence-corrected chi connectivity index (χ0v) is 16.7. The quantitative estimate of drug-likeness (QED) is 0.736. The van der Waals surface area contributed by atoms with E-state index in [-0.39, 0.29) is 34.6 Å². The van der Waals surface area contributed by atoms with Gasteiger partial charge in [0.25, 0.3) is 0 Å². The Kier molecular flexibility index (Phi) is 5.09. The number of hydrogen-bond acceptors (Lipinski definition) is 4. The number of sulfone groups is 1. The highest BCUT2D eigenvalue weighted by atomic mass is 79.9. The minimum atomic E-state index is -3.04. The van der Waals surface area contributed by atoms with Crippen LogP contribution in [0.25, 0.3) is 0 Å². The number of nitrogens with zero attached hydrogens (tertiary/aromatic N) is 2. The monoisotopic (exact) mass is 430 g/mol. The fraction of sp³-hybridized carbons (Fsp3) is 0.500. The first-order valence-corrected chi connectivity index (χ1v) is 11.3. The van der Waals surface area contributed by atoms with Gasteiger partial charge in [0, 0.05) is 21.8 Å². The van der Waals surface area contributed by atoms with Crippen LogP contribution in [0.3, 0.4) is 0 Å². The molecule has 3 rings (SSSR count). The van der Waals surface area contributed by atoms with E-state index >= 15 is 0 Å². The maximum atomic E-state index is 12.1. The van der Waals surface area contributed by atoms with Crippen molar-refractivity contribution in [2.45, 2.75) is 31.6 Å². The summed E-state index contributed by atoms with van der Waals surface area (Å²) in [5.74, 6) is 0.335. The van der Waals surface area contributed by atoms with Crippen LogP contribution in [-0.2, 0) is 14.6 Å². The van der Waals surface area contributed by atoms with Gasteiger partial charge in [-0.3, -0.25) is 4.79 Å². The highest BCUT2D eigenvalue weighted by Crippen LogP contribution is 2.41. The van der Waals surface area contributed by atoms with E-state index in [1.165, 1.54) is 11.8 Å². The van der Waals surface area contributed by atoms with E-state index < -0.39 is 9.84 Å². The third kappa shape index (κ3) is 3.86. The largest absolute Gasteiger partial charge is 0.316 e. The van der Waals surface area contributed by atoms with Crippen LogP contribution in [0.2, 0.25) is 0 Å². The summed E-state index contributed by atoms with van der Waals surface area (Å²) in [6.45, 7) is 3.96. The number of benzene rings is 1. The molecular formula is C16H19BrN2O3S2. The maximum Gasteiger partial charge on any atom is 0.248 e. The smallest absolute Gasteiger partial charge is 0.248 e. The Labute approximate surface area is 155 Å². The van der Waals surface area contributed by atoms with Gasteiger partial charge in [-0.25, -0.2) is 8.42 Å². The first-order chi connectivity index (χ1) is 11.2. The zero-order chi connectivity index (χ0) is 17.5. The number of halogens is 1. The van der Waals surface area contributed by atoms with Crippen molar-refractivity contribution >= 4 is 54.3 Å². The highest BCUT2D eigenvalue weighted by molar-refractivity contribution is 9.10. The van der Waals surface area contributed by atoms with E-state index in [1.54, 1.807) is 0 Å². The van der Waals surface area contributed by atoms with Crippen LogP contribution >= 0.6 is 27.7 Å². The van der Waals surface area contributed by atoms with Crippen molar-refractivity contribution in [2.24, 2.45) is 10.9 Å². The lowest BCUT2D eigenvalue weighted by Gasteiger charge is -2.24. The molecule has 0 saturated carbocycles. The van der Waals surface area contributed by atoms with E-state index in [2.05, 4.69) is 20.9 Å². The van der Waals surface area contributed by atoms with Crippen LogP contribution in [0.1, 0.15) is 20.3 Å². The van der Waals surface area contributed by atoms with Gasteiger partial charge >= 0.3 is 0 Å². The molecule has 0 spiro atoms. The minimum absolute atomic E-state index is 0.0698. The second kappa shape index (κ2) is 6.80. The number of fused-ring (bicyclic) bond motifs is 1. The number of anilines is 1. The number of hydrogen-bond donors (Lipinski definition) is 0. The minimum Gasteiger partial charge on any atom is -0.316 e. The van der Waals surface area contributed by atoms with Gasteiger partial charge in [0.1, 0.15) is 0 Å². The Balaban J connectivity index is 1.97. The molecule has 2 aliphatic rings. The summed E-state index contributed by atoms with van der Waals surface area (Å²) >= 11 is 4.86. The van der Waals surface area contributed by atoms with E-state index in [0.29, 0.717) is 11.6 Å². The van der Waals surface area contributed by atoms with Crippen LogP contribution in [0.5, 0.6) is 0 Å². The van der Waals surface area contributed by atoms with Crippen LogP contribution in [0.15, 0.2) is 33.7 Å². The Morgan fingerprint density at radius 3 is 2.83 bits per heavy atom. The third-order valence-electron chi connectivity index (χ3n) is 3.96. The van der Waals surface area contributed by atoms with Gasteiger partial charge < -0.3 is 4.90 Å². The zero-order valence-electron chi connectivity index (χ0n) is 13.5. The number of amidine groups is 1. The molecule has 2 fully saturated rings. The number of carbonyl (C=O) groups excluding carboxylic acids is 1.